The predicted octanol–water partition coefficient (Wildman–Crippen LogP) is 1.98. The minimum absolute atomic E-state index is 0. The van der Waals surface area contributed by atoms with Gasteiger partial charge in [0.05, 0.1) is 6.04 Å². The number of hydrogen-bond acceptors (Lipinski definition) is 3. The molecule has 0 aliphatic heterocycles. The number of nitrogens with one attached hydrogen (secondary N) is 2. The van der Waals surface area contributed by atoms with Crippen LogP contribution >= 0.6 is 12.4 Å². The molecular formula is C14H22ClN3O2. The van der Waals surface area contributed by atoms with Gasteiger partial charge < -0.3 is 16.4 Å². The van der Waals surface area contributed by atoms with E-state index in [2.05, 4.69) is 10.6 Å². The molecule has 0 aliphatic carbocycles. The van der Waals surface area contributed by atoms with Crippen molar-refractivity contribution in [2.45, 2.75) is 32.7 Å². The Hall–Kier alpha value is -1.59. The van der Waals surface area contributed by atoms with Crippen molar-refractivity contribution < 1.29 is 9.59 Å². The molecular weight excluding hydrogens is 278 g/mol. The molecule has 20 heavy (non-hydrogen) atoms. The summed E-state index contributed by atoms with van der Waals surface area (Å²) in [5.41, 5.74) is 7.05. The van der Waals surface area contributed by atoms with Gasteiger partial charge in [0.25, 0.3) is 0 Å². The lowest BCUT2D eigenvalue weighted by Crippen LogP contribution is -2.27. The van der Waals surface area contributed by atoms with Crippen LogP contribution in [-0.4, -0.2) is 18.4 Å². The fourth-order valence-corrected chi connectivity index (χ4v) is 1.75. The summed E-state index contributed by atoms with van der Waals surface area (Å²) in [7, 11) is 0. The number of carbonyl (C=O) groups is 2. The van der Waals surface area contributed by atoms with Gasteiger partial charge in [-0.3, -0.25) is 9.59 Å². The average molecular weight is 300 g/mol. The Morgan fingerprint density at radius 3 is 2.65 bits per heavy atom. The first-order valence-corrected chi connectivity index (χ1v) is 6.40. The van der Waals surface area contributed by atoms with Gasteiger partial charge in [-0.2, -0.15) is 0 Å². The molecule has 0 saturated carbocycles. The van der Waals surface area contributed by atoms with E-state index in [4.69, 9.17) is 5.73 Å². The highest BCUT2D eigenvalue weighted by atomic mass is 35.5. The van der Waals surface area contributed by atoms with E-state index < -0.39 is 0 Å². The van der Waals surface area contributed by atoms with Crippen molar-refractivity contribution in [2.24, 2.45) is 5.73 Å². The van der Waals surface area contributed by atoms with Crippen LogP contribution in [0.15, 0.2) is 24.3 Å². The number of nitrogens with two attached hydrogens (primary N) is 1. The van der Waals surface area contributed by atoms with Gasteiger partial charge in [-0.15, -0.1) is 12.4 Å². The molecule has 1 rings (SSSR count). The fraction of sp³-hybridized carbons (Fsp3) is 0.429. The molecule has 0 aromatic heterocycles. The van der Waals surface area contributed by atoms with Crippen LogP contribution in [0.5, 0.6) is 0 Å². The Morgan fingerprint density at radius 2 is 2.05 bits per heavy atom. The van der Waals surface area contributed by atoms with E-state index >= 15 is 0 Å². The number of rotatable bonds is 6. The van der Waals surface area contributed by atoms with Crippen molar-refractivity contribution >= 4 is 29.9 Å². The van der Waals surface area contributed by atoms with E-state index in [9.17, 15) is 9.59 Å². The monoisotopic (exact) mass is 299 g/mol. The topological polar surface area (TPSA) is 84.2 Å². The van der Waals surface area contributed by atoms with Gasteiger partial charge in [0.1, 0.15) is 0 Å². The number of amides is 2. The van der Waals surface area contributed by atoms with E-state index in [1.54, 1.807) is 0 Å². The Labute approximate surface area is 125 Å². The number of benzene rings is 1. The standard InChI is InChI=1S/C14H21N3O2.ClH/c1-10(16-14(19)7-4-8-15)12-5-3-6-13(9-12)17-11(2)18;/h3,5-6,9-10H,4,7-8,15H2,1-2H3,(H,16,19)(H,17,18);1H. The SMILES string of the molecule is CC(=O)Nc1cccc(C(C)NC(=O)CCCN)c1.Cl. The molecule has 1 aromatic carbocycles. The molecule has 4 N–H and O–H groups in total. The van der Waals surface area contributed by atoms with Crippen LogP contribution in [-0.2, 0) is 9.59 Å². The summed E-state index contributed by atoms with van der Waals surface area (Å²) in [6.07, 6.45) is 1.12. The second-order valence-electron chi connectivity index (χ2n) is 4.49. The highest BCUT2D eigenvalue weighted by molar-refractivity contribution is 5.88. The average Bonchev–Trinajstić information content (AvgIpc) is 2.35. The molecule has 0 fully saturated rings. The third-order valence-electron chi connectivity index (χ3n) is 2.69. The summed E-state index contributed by atoms with van der Waals surface area (Å²) in [6.45, 7) is 3.89. The van der Waals surface area contributed by atoms with Crippen LogP contribution in [0, 0.1) is 0 Å². The van der Waals surface area contributed by atoms with Crippen molar-refractivity contribution in [3.05, 3.63) is 29.8 Å². The Balaban J connectivity index is 0.00000361. The van der Waals surface area contributed by atoms with E-state index in [1.807, 2.05) is 31.2 Å². The Bertz CT molecular complexity index is 452. The predicted molar refractivity (Wildman–Crippen MR) is 82.8 cm³/mol. The third kappa shape index (κ3) is 6.54. The zero-order chi connectivity index (χ0) is 14.3. The minimum atomic E-state index is -0.114. The van der Waals surface area contributed by atoms with Crippen molar-refractivity contribution in [3.8, 4) is 0 Å². The van der Waals surface area contributed by atoms with Gasteiger partial charge in [0.15, 0.2) is 0 Å². The molecule has 0 bridgehead atoms. The summed E-state index contributed by atoms with van der Waals surface area (Å²) < 4.78 is 0. The minimum Gasteiger partial charge on any atom is -0.350 e. The van der Waals surface area contributed by atoms with E-state index in [0.717, 1.165) is 11.3 Å². The number of hydrogen-bond donors (Lipinski definition) is 3. The van der Waals surface area contributed by atoms with E-state index in [-0.39, 0.29) is 30.3 Å². The van der Waals surface area contributed by atoms with Crippen LogP contribution in [0.2, 0.25) is 0 Å². The Kier molecular flexibility index (Phi) is 8.59. The third-order valence-corrected chi connectivity index (χ3v) is 2.69. The largest absolute Gasteiger partial charge is 0.350 e. The molecule has 2 amide bonds. The molecule has 1 aromatic rings. The summed E-state index contributed by atoms with van der Waals surface area (Å²) in [4.78, 5) is 22.6. The molecule has 0 radical (unpaired) electrons. The van der Waals surface area contributed by atoms with Gasteiger partial charge in [-0.25, -0.2) is 0 Å². The van der Waals surface area contributed by atoms with Gasteiger partial charge >= 0.3 is 0 Å². The summed E-state index contributed by atoms with van der Waals surface area (Å²) in [5, 5.41) is 5.62. The van der Waals surface area contributed by atoms with Gasteiger partial charge in [-0.1, -0.05) is 12.1 Å². The second kappa shape index (κ2) is 9.34. The van der Waals surface area contributed by atoms with Gasteiger partial charge in [-0.05, 0) is 37.6 Å². The smallest absolute Gasteiger partial charge is 0.221 e. The highest BCUT2D eigenvalue weighted by Crippen LogP contribution is 2.17. The molecule has 5 nitrogen and oxygen atoms in total. The van der Waals surface area contributed by atoms with Crippen molar-refractivity contribution in [1.82, 2.24) is 5.32 Å². The first-order valence-electron chi connectivity index (χ1n) is 6.40. The molecule has 1 atom stereocenters. The summed E-state index contributed by atoms with van der Waals surface area (Å²) in [5.74, 6) is -0.125. The number of halogens is 1. The molecule has 6 heteroatoms. The van der Waals surface area contributed by atoms with Crippen molar-refractivity contribution in [2.75, 3.05) is 11.9 Å². The first-order chi connectivity index (χ1) is 9.02. The lowest BCUT2D eigenvalue weighted by Gasteiger charge is -2.15. The van der Waals surface area contributed by atoms with Gasteiger partial charge in [0.2, 0.25) is 11.8 Å². The molecule has 1 unspecified atom stereocenters. The van der Waals surface area contributed by atoms with Crippen molar-refractivity contribution in [3.63, 3.8) is 0 Å². The molecule has 0 saturated heterocycles. The van der Waals surface area contributed by atoms with Crippen molar-refractivity contribution in [1.29, 1.82) is 0 Å². The highest BCUT2D eigenvalue weighted by Gasteiger charge is 2.09. The van der Waals surface area contributed by atoms with Crippen LogP contribution in [0.25, 0.3) is 0 Å². The molecule has 0 spiro atoms. The lowest BCUT2D eigenvalue weighted by atomic mass is 10.1. The molecule has 0 aliphatic rings. The number of anilines is 1. The van der Waals surface area contributed by atoms with Crippen LogP contribution in [0.3, 0.4) is 0 Å². The second-order valence-corrected chi connectivity index (χ2v) is 4.49. The lowest BCUT2D eigenvalue weighted by molar-refractivity contribution is -0.121. The molecule has 0 heterocycles. The Morgan fingerprint density at radius 1 is 1.35 bits per heavy atom. The van der Waals surface area contributed by atoms with Crippen LogP contribution in [0.4, 0.5) is 5.69 Å². The maximum Gasteiger partial charge on any atom is 0.221 e. The van der Waals surface area contributed by atoms with Gasteiger partial charge in [0, 0.05) is 19.0 Å². The molecule has 112 valence electrons. The quantitative estimate of drug-likeness (QED) is 0.751. The fourth-order valence-electron chi connectivity index (χ4n) is 1.75. The zero-order valence-electron chi connectivity index (χ0n) is 11.8. The number of carbonyl (C=O) groups excluding carboxylic acids is 2. The van der Waals surface area contributed by atoms with E-state index in [0.29, 0.717) is 19.4 Å². The van der Waals surface area contributed by atoms with Crippen LogP contribution < -0.4 is 16.4 Å². The summed E-state index contributed by atoms with van der Waals surface area (Å²) >= 11 is 0. The van der Waals surface area contributed by atoms with Crippen LogP contribution in [0.1, 0.15) is 38.3 Å². The first kappa shape index (κ1) is 18.4. The maximum absolute atomic E-state index is 11.6. The van der Waals surface area contributed by atoms with E-state index in [1.165, 1.54) is 6.92 Å². The summed E-state index contributed by atoms with van der Waals surface area (Å²) in [6, 6.07) is 7.34. The normalized spacial score (nSPS) is 11.2. The maximum atomic E-state index is 11.6. The zero-order valence-corrected chi connectivity index (χ0v) is 12.6.